The number of hydrogen-bond donors (Lipinski definition) is 1. The summed E-state index contributed by atoms with van der Waals surface area (Å²) in [6, 6.07) is 7.65. The van der Waals surface area contributed by atoms with Crippen LogP contribution in [0.1, 0.15) is 10.4 Å². The van der Waals surface area contributed by atoms with Gasteiger partial charge in [0.15, 0.2) is 0 Å². The largest absolute Gasteiger partial charge is 0.361 e. The minimum atomic E-state index is 0.0292. The quantitative estimate of drug-likeness (QED) is 0.728. The van der Waals surface area contributed by atoms with Gasteiger partial charge in [0.25, 0.3) is 5.91 Å². The van der Waals surface area contributed by atoms with Gasteiger partial charge in [0.1, 0.15) is 0 Å². The van der Waals surface area contributed by atoms with Crippen molar-refractivity contribution < 1.29 is 4.79 Å². The highest BCUT2D eigenvalue weighted by atomic mass is 16.2. The second kappa shape index (κ2) is 3.18. The third-order valence-corrected chi connectivity index (χ3v) is 2.21. The van der Waals surface area contributed by atoms with E-state index in [2.05, 4.69) is 4.98 Å². The number of hydrogen-bond acceptors (Lipinski definition) is 1. The predicted molar refractivity (Wildman–Crippen MR) is 56.3 cm³/mol. The average molecular weight is 188 g/mol. The molecule has 2 aromatic rings. The fourth-order valence-electron chi connectivity index (χ4n) is 1.44. The zero-order valence-corrected chi connectivity index (χ0v) is 8.24. The Bertz CT molecular complexity index is 471. The highest BCUT2D eigenvalue weighted by molar-refractivity contribution is 5.97. The first-order valence-electron chi connectivity index (χ1n) is 4.47. The summed E-state index contributed by atoms with van der Waals surface area (Å²) in [6.07, 6.45) is 1.87. The Kier molecular flexibility index (Phi) is 2.00. The lowest BCUT2D eigenvalue weighted by atomic mass is 10.1. The molecule has 1 N–H and O–H groups in total. The lowest BCUT2D eigenvalue weighted by Crippen LogP contribution is -2.21. The van der Waals surface area contributed by atoms with Gasteiger partial charge in [0.05, 0.1) is 0 Å². The Morgan fingerprint density at radius 2 is 2.07 bits per heavy atom. The summed E-state index contributed by atoms with van der Waals surface area (Å²) >= 11 is 0. The molecule has 0 unspecified atom stereocenters. The van der Waals surface area contributed by atoms with E-state index in [4.69, 9.17) is 0 Å². The highest BCUT2D eigenvalue weighted by Crippen LogP contribution is 2.14. The van der Waals surface area contributed by atoms with E-state index in [1.54, 1.807) is 19.0 Å². The van der Waals surface area contributed by atoms with Crippen molar-refractivity contribution in [2.45, 2.75) is 0 Å². The molecule has 2 rings (SSSR count). The zero-order valence-electron chi connectivity index (χ0n) is 8.24. The minimum Gasteiger partial charge on any atom is -0.361 e. The van der Waals surface area contributed by atoms with Crippen LogP contribution in [0.4, 0.5) is 0 Å². The number of carbonyl (C=O) groups is 1. The fourth-order valence-corrected chi connectivity index (χ4v) is 1.44. The Hall–Kier alpha value is -1.77. The molecule has 3 nitrogen and oxygen atoms in total. The van der Waals surface area contributed by atoms with E-state index in [9.17, 15) is 4.79 Å². The SMILES string of the molecule is CN(C)C(=O)c1ccc2cc[nH]c2c1. The summed E-state index contributed by atoms with van der Waals surface area (Å²) in [4.78, 5) is 16.3. The first-order valence-corrected chi connectivity index (χ1v) is 4.47. The standard InChI is InChI=1S/C11H12N2O/c1-13(2)11(14)9-4-3-8-5-6-12-10(8)7-9/h3-7,12H,1-2H3. The molecule has 0 radical (unpaired) electrons. The van der Waals surface area contributed by atoms with E-state index in [0.29, 0.717) is 5.56 Å². The Labute approximate surface area is 82.3 Å². The second-order valence-corrected chi connectivity index (χ2v) is 3.48. The molecule has 0 saturated heterocycles. The topological polar surface area (TPSA) is 36.1 Å². The number of nitrogens with zero attached hydrogens (tertiary/aromatic N) is 1. The van der Waals surface area contributed by atoms with Crippen LogP contribution in [-0.4, -0.2) is 29.9 Å². The van der Waals surface area contributed by atoms with Crippen LogP contribution in [0.2, 0.25) is 0 Å². The van der Waals surface area contributed by atoms with Crippen molar-refractivity contribution in [1.29, 1.82) is 0 Å². The van der Waals surface area contributed by atoms with Gasteiger partial charge in [-0.2, -0.15) is 0 Å². The van der Waals surface area contributed by atoms with Crippen molar-refractivity contribution in [3.63, 3.8) is 0 Å². The minimum absolute atomic E-state index is 0.0292. The number of aromatic amines is 1. The number of H-pyrrole nitrogens is 1. The van der Waals surface area contributed by atoms with Gasteiger partial charge < -0.3 is 9.88 Å². The lowest BCUT2D eigenvalue weighted by Gasteiger charge is -2.09. The normalized spacial score (nSPS) is 10.4. The van der Waals surface area contributed by atoms with Gasteiger partial charge in [-0.15, -0.1) is 0 Å². The molecule has 72 valence electrons. The van der Waals surface area contributed by atoms with Crippen LogP contribution >= 0.6 is 0 Å². The summed E-state index contributed by atoms with van der Waals surface area (Å²) in [5, 5.41) is 1.13. The molecule has 0 atom stereocenters. The summed E-state index contributed by atoms with van der Waals surface area (Å²) in [7, 11) is 3.50. The molecule has 1 aromatic carbocycles. The molecule has 0 spiro atoms. The number of fused-ring (bicyclic) bond motifs is 1. The molecule has 14 heavy (non-hydrogen) atoms. The molecule has 3 heteroatoms. The van der Waals surface area contributed by atoms with Crippen molar-refractivity contribution in [2.75, 3.05) is 14.1 Å². The molecule has 1 amide bonds. The maximum Gasteiger partial charge on any atom is 0.253 e. The molecule has 0 aliphatic heterocycles. The molecule has 1 heterocycles. The van der Waals surface area contributed by atoms with Crippen molar-refractivity contribution in [3.8, 4) is 0 Å². The van der Waals surface area contributed by atoms with Gasteiger partial charge in [0, 0.05) is 31.4 Å². The van der Waals surface area contributed by atoms with Crippen LogP contribution in [0.15, 0.2) is 30.5 Å². The van der Waals surface area contributed by atoms with Gasteiger partial charge in [-0.05, 0) is 23.6 Å². The van der Waals surface area contributed by atoms with E-state index in [1.807, 2.05) is 30.5 Å². The summed E-state index contributed by atoms with van der Waals surface area (Å²) < 4.78 is 0. The Morgan fingerprint density at radius 1 is 1.29 bits per heavy atom. The maximum absolute atomic E-state index is 11.6. The molecule has 0 aliphatic rings. The number of nitrogens with one attached hydrogen (secondary N) is 1. The Balaban J connectivity index is 2.48. The summed E-state index contributed by atoms with van der Waals surface area (Å²) in [6.45, 7) is 0. The highest BCUT2D eigenvalue weighted by Gasteiger charge is 2.07. The van der Waals surface area contributed by atoms with E-state index >= 15 is 0 Å². The lowest BCUT2D eigenvalue weighted by molar-refractivity contribution is 0.0828. The molecule has 0 fully saturated rings. The van der Waals surface area contributed by atoms with E-state index < -0.39 is 0 Å². The number of aromatic nitrogens is 1. The van der Waals surface area contributed by atoms with Gasteiger partial charge in [-0.25, -0.2) is 0 Å². The monoisotopic (exact) mass is 188 g/mol. The van der Waals surface area contributed by atoms with Gasteiger partial charge in [-0.3, -0.25) is 4.79 Å². The number of amides is 1. The number of benzene rings is 1. The molecule has 0 saturated carbocycles. The predicted octanol–water partition coefficient (Wildman–Crippen LogP) is 1.87. The third-order valence-electron chi connectivity index (χ3n) is 2.21. The summed E-state index contributed by atoms with van der Waals surface area (Å²) in [5.41, 5.74) is 1.71. The molecular formula is C11H12N2O. The fraction of sp³-hybridized carbons (Fsp3) is 0.182. The van der Waals surface area contributed by atoms with Crippen LogP contribution in [0.25, 0.3) is 10.9 Å². The average Bonchev–Trinajstić information content (AvgIpc) is 2.62. The van der Waals surface area contributed by atoms with Gasteiger partial charge in [0.2, 0.25) is 0 Å². The van der Waals surface area contributed by atoms with Crippen molar-refractivity contribution in [3.05, 3.63) is 36.0 Å². The first kappa shape index (κ1) is 8.81. The number of rotatable bonds is 1. The molecule has 1 aromatic heterocycles. The van der Waals surface area contributed by atoms with Crippen LogP contribution in [0.5, 0.6) is 0 Å². The molecule has 0 aliphatic carbocycles. The molecule has 0 bridgehead atoms. The van der Waals surface area contributed by atoms with E-state index in [-0.39, 0.29) is 5.91 Å². The van der Waals surface area contributed by atoms with E-state index in [1.165, 1.54) is 0 Å². The second-order valence-electron chi connectivity index (χ2n) is 3.48. The van der Waals surface area contributed by atoms with Crippen LogP contribution in [-0.2, 0) is 0 Å². The summed E-state index contributed by atoms with van der Waals surface area (Å²) in [5.74, 6) is 0.0292. The van der Waals surface area contributed by atoms with Crippen LogP contribution in [0, 0.1) is 0 Å². The molecular weight excluding hydrogens is 176 g/mol. The van der Waals surface area contributed by atoms with E-state index in [0.717, 1.165) is 10.9 Å². The maximum atomic E-state index is 11.6. The van der Waals surface area contributed by atoms with Gasteiger partial charge >= 0.3 is 0 Å². The van der Waals surface area contributed by atoms with Crippen molar-refractivity contribution >= 4 is 16.8 Å². The van der Waals surface area contributed by atoms with Gasteiger partial charge in [-0.1, -0.05) is 6.07 Å². The first-order chi connectivity index (χ1) is 6.68. The van der Waals surface area contributed by atoms with Crippen LogP contribution < -0.4 is 0 Å². The Morgan fingerprint density at radius 3 is 2.79 bits per heavy atom. The van der Waals surface area contributed by atoms with Crippen molar-refractivity contribution in [2.24, 2.45) is 0 Å². The van der Waals surface area contributed by atoms with Crippen LogP contribution in [0.3, 0.4) is 0 Å². The third kappa shape index (κ3) is 1.37. The number of carbonyl (C=O) groups excluding carboxylic acids is 1. The van der Waals surface area contributed by atoms with Crippen molar-refractivity contribution in [1.82, 2.24) is 9.88 Å². The zero-order chi connectivity index (χ0) is 10.1. The smallest absolute Gasteiger partial charge is 0.253 e.